The van der Waals surface area contributed by atoms with Crippen LogP contribution < -0.4 is 4.90 Å². The Morgan fingerprint density at radius 2 is 0.808 bits per heavy atom. The quantitative estimate of drug-likeness (QED) is 0.140. The fourth-order valence-electron chi connectivity index (χ4n) is 12.0. The van der Waals surface area contributed by atoms with Gasteiger partial charge in [0, 0.05) is 38.9 Å². The summed E-state index contributed by atoms with van der Waals surface area (Å²) in [4.78, 5) is 2.46. The van der Waals surface area contributed by atoms with Crippen LogP contribution in [0.1, 0.15) is 22.3 Å². The van der Waals surface area contributed by atoms with Crippen molar-refractivity contribution in [2.45, 2.75) is 5.41 Å². The number of anilines is 3. The highest BCUT2D eigenvalue weighted by atomic mass is 15.1. The molecule has 342 valence electrons. The lowest BCUT2D eigenvalue weighted by Gasteiger charge is -2.34. The predicted molar refractivity (Wildman–Crippen MR) is 307 cm³/mol. The van der Waals surface area contributed by atoms with Crippen LogP contribution in [0.4, 0.5) is 17.1 Å². The van der Waals surface area contributed by atoms with E-state index in [-0.39, 0.29) is 0 Å². The average Bonchev–Trinajstić information content (AvgIpc) is 3.97. The van der Waals surface area contributed by atoms with E-state index in [4.69, 9.17) is 0 Å². The van der Waals surface area contributed by atoms with Crippen LogP contribution in [0.25, 0.3) is 82.8 Å². The molecule has 13 aromatic rings. The van der Waals surface area contributed by atoms with Gasteiger partial charge in [0.1, 0.15) is 0 Å². The Labute approximate surface area is 426 Å². The molecule has 12 aromatic carbocycles. The highest BCUT2D eigenvalue weighted by Gasteiger charge is 2.46. The Morgan fingerprint density at radius 1 is 0.288 bits per heavy atom. The summed E-state index contributed by atoms with van der Waals surface area (Å²) in [6.07, 6.45) is 0. The lowest BCUT2D eigenvalue weighted by atomic mass is 9.68. The number of para-hydroxylation sites is 1. The number of nitrogens with zero attached hydrogens (tertiary/aromatic N) is 2. The molecule has 0 N–H and O–H groups in total. The SMILES string of the molecule is c1ccc(-c2cc(-c3ccccc3)cc(N(c3ccc(-c4ccc5c6ccc7ccccc7c6n(-c6ccccc6)c5c4)cc3)c3ccc4c(c3)-c3ccccc3C4(c3ccccc3)c3ccccc3)c2)cc1. The van der Waals surface area contributed by atoms with Gasteiger partial charge < -0.3 is 9.47 Å². The molecule has 1 heterocycles. The maximum absolute atomic E-state index is 2.46. The second-order valence-electron chi connectivity index (χ2n) is 19.2. The molecule has 0 saturated carbocycles. The number of rotatable bonds is 9. The summed E-state index contributed by atoms with van der Waals surface area (Å²) in [5.41, 5.74) is 20.9. The Balaban J connectivity index is 0.968. The predicted octanol–water partition coefficient (Wildman–Crippen LogP) is 18.8. The third-order valence-electron chi connectivity index (χ3n) is 15.2. The lowest BCUT2D eigenvalue weighted by molar-refractivity contribution is 0.768. The molecule has 0 fully saturated rings. The summed E-state index contributed by atoms with van der Waals surface area (Å²) in [6.45, 7) is 0. The first-order valence-corrected chi connectivity index (χ1v) is 25.2. The molecule has 0 bridgehead atoms. The van der Waals surface area contributed by atoms with Gasteiger partial charge in [0.25, 0.3) is 0 Å². The van der Waals surface area contributed by atoms with E-state index in [0.29, 0.717) is 0 Å². The molecule has 73 heavy (non-hydrogen) atoms. The van der Waals surface area contributed by atoms with Crippen LogP contribution in [0.2, 0.25) is 0 Å². The van der Waals surface area contributed by atoms with Crippen molar-refractivity contribution < 1.29 is 0 Å². The number of hydrogen-bond acceptors (Lipinski definition) is 1. The van der Waals surface area contributed by atoms with Crippen LogP contribution in [0.5, 0.6) is 0 Å². The van der Waals surface area contributed by atoms with E-state index in [1.165, 1.54) is 82.6 Å². The second-order valence-corrected chi connectivity index (χ2v) is 19.2. The molecule has 14 rings (SSSR count). The first-order chi connectivity index (χ1) is 36.2. The minimum Gasteiger partial charge on any atom is -0.310 e. The van der Waals surface area contributed by atoms with Crippen LogP contribution in [-0.2, 0) is 5.41 Å². The Kier molecular flexibility index (Phi) is 10.1. The molecule has 2 nitrogen and oxygen atoms in total. The van der Waals surface area contributed by atoms with Gasteiger partial charge in [-0.2, -0.15) is 0 Å². The minimum atomic E-state index is -0.492. The van der Waals surface area contributed by atoms with Crippen molar-refractivity contribution in [2.24, 2.45) is 0 Å². The normalized spacial score (nSPS) is 12.5. The first-order valence-electron chi connectivity index (χ1n) is 25.2. The first kappa shape index (κ1) is 42.4. The number of hydrogen-bond donors (Lipinski definition) is 0. The van der Waals surface area contributed by atoms with Gasteiger partial charge in [-0.1, -0.05) is 231 Å². The molecular weight excluding hydrogens is 881 g/mol. The third kappa shape index (κ3) is 6.94. The number of benzene rings is 12. The fourth-order valence-corrected chi connectivity index (χ4v) is 12.0. The Hall–Kier alpha value is -9.50. The molecule has 0 amide bonds. The molecule has 1 aliphatic rings. The molecule has 0 unspecified atom stereocenters. The largest absolute Gasteiger partial charge is 0.310 e. The maximum Gasteiger partial charge on any atom is 0.0713 e. The van der Waals surface area contributed by atoms with Crippen LogP contribution in [0.15, 0.2) is 291 Å². The van der Waals surface area contributed by atoms with Gasteiger partial charge in [-0.3, -0.25) is 0 Å². The van der Waals surface area contributed by atoms with Crippen molar-refractivity contribution in [1.82, 2.24) is 4.57 Å². The topological polar surface area (TPSA) is 8.17 Å². The van der Waals surface area contributed by atoms with E-state index in [2.05, 4.69) is 301 Å². The van der Waals surface area contributed by atoms with Gasteiger partial charge in [0.2, 0.25) is 0 Å². The third-order valence-corrected chi connectivity index (χ3v) is 15.2. The van der Waals surface area contributed by atoms with Gasteiger partial charge >= 0.3 is 0 Å². The Morgan fingerprint density at radius 3 is 1.48 bits per heavy atom. The molecule has 1 aromatic heterocycles. The van der Waals surface area contributed by atoms with E-state index < -0.39 is 5.41 Å². The summed E-state index contributed by atoms with van der Waals surface area (Å²) in [7, 11) is 0. The standard InChI is InChI=1S/C71H48N2/c1-6-20-49(21-7-1)54-44-55(50-22-8-2-9-23-50)46-61(45-54)72(60-40-43-68-66(48-60)63-32-18-19-33-67(63)71(68,56-25-10-3-11-26-56)57-27-12-4-13-28-57)59-38-34-51(35-39-59)53-37-41-64-65-42-36-52-24-16-17-31-62(52)70(65)73(69(64)47-53)58-29-14-5-15-30-58/h1-48H. The molecular formula is C71H48N2. The average molecular weight is 929 g/mol. The van der Waals surface area contributed by atoms with Crippen molar-refractivity contribution in [1.29, 1.82) is 0 Å². The summed E-state index contributed by atoms with van der Waals surface area (Å²) < 4.78 is 2.45. The molecule has 0 radical (unpaired) electrons. The number of fused-ring (bicyclic) bond motifs is 8. The van der Waals surface area contributed by atoms with E-state index in [1.54, 1.807) is 0 Å². The van der Waals surface area contributed by atoms with Crippen molar-refractivity contribution >= 4 is 49.6 Å². The second kappa shape index (κ2) is 17.4. The van der Waals surface area contributed by atoms with E-state index >= 15 is 0 Å². The monoisotopic (exact) mass is 928 g/mol. The van der Waals surface area contributed by atoms with Crippen LogP contribution in [0.3, 0.4) is 0 Å². The van der Waals surface area contributed by atoms with Crippen LogP contribution in [-0.4, -0.2) is 4.57 Å². The zero-order chi connectivity index (χ0) is 48.3. The molecule has 1 aliphatic carbocycles. The highest BCUT2D eigenvalue weighted by Crippen LogP contribution is 2.57. The highest BCUT2D eigenvalue weighted by molar-refractivity contribution is 6.19. The zero-order valence-corrected chi connectivity index (χ0v) is 40.1. The van der Waals surface area contributed by atoms with Crippen molar-refractivity contribution in [3.8, 4) is 50.2 Å². The van der Waals surface area contributed by atoms with E-state index in [9.17, 15) is 0 Å². The smallest absolute Gasteiger partial charge is 0.0713 e. The van der Waals surface area contributed by atoms with Gasteiger partial charge in [-0.15, -0.1) is 0 Å². The molecule has 0 saturated heterocycles. The molecule has 2 heteroatoms. The summed E-state index contributed by atoms with van der Waals surface area (Å²) in [5.74, 6) is 0. The molecule has 0 atom stereocenters. The van der Waals surface area contributed by atoms with Gasteiger partial charge in [-0.05, 0) is 133 Å². The molecule has 0 aliphatic heterocycles. The van der Waals surface area contributed by atoms with Crippen LogP contribution in [0, 0.1) is 0 Å². The Bertz CT molecular complexity index is 4060. The van der Waals surface area contributed by atoms with Gasteiger partial charge in [-0.25, -0.2) is 0 Å². The van der Waals surface area contributed by atoms with E-state index in [1.807, 2.05) is 0 Å². The lowest BCUT2D eigenvalue weighted by Crippen LogP contribution is -2.28. The molecule has 0 spiro atoms. The van der Waals surface area contributed by atoms with Crippen molar-refractivity contribution in [3.63, 3.8) is 0 Å². The maximum atomic E-state index is 2.46. The van der Waals surface area contributed by atoms with Gasteiger partial charge in [0.15, 0.2) is 0 Å². The summed E-state index contributed by atoms with van der Waals surface area (Å²) in [5, 5.41) is 4.98. The zero-order valence-electron chi connectivity index (χ0n) is 40.1. The minimum absolute atomic E-state index is 0.492. The van der Waals surface area contributed by atoms with Crippen LogP contribution >= 0.6 is 0 Å². The summed E-state index contributed by atoms with van der Waals surface area (Å²) in [6, 6.07) is 107. The summed E-state index contributed by atoms with van der Waals surface area (Å²) >= 11 is 0. The van der Waals surface area contributed by atoms with Crippen molar-refractivity contribution in [3.05, 3.63) is 313 Å². The van der Waals surface area contributed by atoms with Crippen molar-refractivity contribution in [2.75, 3.05) is 4.90 Å². The number of aromatic nitrogens is 1. The van der Waals surface area contributed by atoms with Gasteiger partial charge in [0.05, 0.1) is 16.4 Å². The fraction of sp³-hybridized carbons (Fsp3) is 0.0141. The van der Waals surface area contributed by atoms with E-state index in [0.717, 1.165) is 39.4 Å².